The average molecular weight is 369 g/mol. The maximum atomic E-state index is 12.4. The summed E-state index contributed by atoms with van der Waals surface area (Å²) in [6.45, 7) is 0. The molecular weight excluding hydrogens is 344 g/mol. The van der Waals surface area contributed by atoms with Crippen molar-refractivity contribution in [1.82, 2.24) is 5.32 Å². The molecule has 7 heteroatoms. The predicted molar refractivity (Wildman–Crippen MR) is 97.5 cm³/mol. The smallest absolute Gasteiger partial charge is 0.340 e. The molecule has 0 saturated carbocycles. The summed E-state index contributed by atoms with van der Waals surface area (Å²) >= 11 is 0. The van der Waals surface area contributed by atoms with Crippen LogP contribution in [0.25, 0.3) is 0 Å². The fourth-order valence-corrected chi connectivity index (χ4v) is 3.84. The lowest BCUT2D eigenvalue weighted by Gasteiger charge is -2.28. The maximum absolute atomic E-state index is 12.4. The minimum Gasteiger partial charge on any atom is -0.497 e. The SMILES string of the molecule is COC(=O)c1cc(OC)ccc1NC(=O)CC1CC2CCC(C1)N2.Cl. The highest BCUT2D eigenvalue weighted by Gasteiger charge is 2.34. The van der Waals surface area contributed by atoms with Gasteiger partial charge in [-0.3, -0.25) is 4.79 Å². The van der Waals surface area contributed by atoms with E-state index in [1.54, 1.807) is 18.2 Å². The number of carbonyl (C=O) groups excluding carboxylic acids is 2. The van der Waals surface area contributed by atoms with E-state index < -0.39 is 5.97 Å². The number of ether oxygens (including phenoxy) is 2. The molecule has 25 heavy (non-hydrogen) atoms. The van der Waals surface area contributed by atoms with E-state index in [4.69, 9.17) is 9.47 Å². The second-order valence-electron chi connectivity index (χ2n) is 6.63. The summed E-state index contributed by atoms with van der Waals surface area (Å²) in [6.07, 6.45) is 5.02. The fourth-order valence-electron chi connectivity index (χ4n) is 3.84. The molecule has 2 N–H and O–H groups in total. The lowest BCUT2D eigenvalue weighted by Crippen LogP contribution is -2.39. The van der Waals surface area contributed by atoms with Gasteiger partial charge >= 0.3 is 5.97 Å². The van der Waals surface area contributed by atoms with Gasteiger partial charge in [0.1, 0.15) is 5.75 Å². The monoisotopic (exact) mass is 368 g/mol. The maximum Gasteiger partial charge on any atom is 0.340 e. The Kier molecular flexibility index (Phi) is 6.67. The first-order chi connectivity index (χ1) is 11.6. The topological polar surface area (TPSA) is 76.7 Å². The largest absolute Gasteiger partial charge is 0.497 e. The second-order valence-corrected chi connectivity index (χ2v) is 6.63. The van der Waals surface area contributed by atoms with Gasteiger partial charge in [0.2, 0.25) is 5.91 Å². The van der Waals surface area contributed by atoms with Gasteiger partial charge in [-0.2, -0.15) is 0 Å². The summed E-state index contributed by atoms with van der Waals surface area (Å²) in [7, 11) is 2.85. The molecule has 3 rings (SSSR count). The number of benzene rings is 1. The normalized spacial score (nSPS) is 24.2. The number of fused-ring (bicyclic) bond motifs is 2. The van der Waals surface area contributed by atoms with Crippen molar-refractivity contribution >= 4 is 30.0 Å². The molecule has 2 bridgehead atoms. The van der Waals surface area contributed by atoms with Crippen molar-refractivity contribution in [1.29, 1.82) is 0 Å². The highest BCUT2D eigenvalue weighted by molar-refractivity contribution is 6.01. The predicted octanol–water partition coefficient (Wildman–Crippen LogP) is 2.76. The van der Waals surface area contributed by atoms with Gasteiger partial charge in [-0.1, -0.05) is 0 Å². The zero-order chi connectivity index (χ0) is 17.1. The number of anilines is 1. The first-order valence-electron chi connectivity index (χ1n) is 8.41. The lowest BCUT2D eigenvalue weighted by molar-refractivity contribution is -0.117. The Morgan fingerprint density at radius 2 is 1.88 bits per heavy atom. The van der Waals surface area contributed by atoms with Gasteiger partial charge in [-0.05, 0) is 49.8 Å². The van der Waals surface area contributed by atoms with Crippen molar-refractivity contribution in [3.63, 3.8) is 0 Å². The Balaban J connectivity index is 0.00000225. The van der Waals surface area contributed by atoms with Crippen molar-refractivity contribution in [3.05, 3.63) is 23.8 Å². The molecule has 1 amide bonds. The molecule has 0 radical (unpaired) electrons. The highest BCUT2D eigenvalue weighted by Crippen LogP contribution is 2.33. The molecule has 2 unspecified atom stereocenters. The highest BCUT2D eigenvalue weighted by atomic mass is 35.5. The summed E-state index contributed by atoms with van der Waals surface area (Å²) in [5, 5.41) is 6.44. The molecule has 2 saturated heterocycles. The van der Waals surface area contributed by atoms with Crippen LogP contribution >= 0.6 is 12.4 Å². The van der Waals surface area contributed by atoms with Crippen molar-refractivity contribution < 1.29 is 19.1 Å². The van der Waals surface area contributed by atoms with Crippen LogP contribution < -0.4 is 15.4 Å². The van der Waals surface area contributed by atoms with E-state index in [1.165, 1.54) is 27.1 Å². The molecule has 6 nitrogen and oxygen atoms in total. The Hall–Kier alpha value is -1.79. The molecule has 1 aromatic rings. The van der Waals surface area contributed by atoms with E-state index in [-0.39, 0.29) is 18.3 Å². The molecular formula is C18H25ClN2O4. The van der Waals surface area contributed by atoms with Crippen molar-refractivity contribution in [2.75, 3.05) is 19.5 Å². The summed E-state index contributed by atoms with van der Waals surface area (Å²) < 4.78 is 9.92. The third-order valence-corrected chi connectivity index (χ3v) is 4.95. The van der Waals surface area contributed by atoms with Crippen LogP contribution in [-0.2, 0) is 9.53 Å². The molecule has 0 aliphatic carbocycles. The van der Waals surface area contributed by atoms with Crippen molar-refractivity contribution in [2.24, 2.45) is 5.92 Å². The Morgan fingerprint density at radius 3 is 2.48 bits per heavy atom. The summed E-state index contributed by atoms with van der Waals surface area (Å²) in [5.41, 5.74) is 0.764. The second kappa shape index (κ2) is 8.54. The van der Waals surface area contributed by atoms with Crippen LogP contribution in [-0.4, -0.2) is 38.2 Å². The summed E-state index contributed by atoms with van der Waals surface area (Å²) in [4.78, 5) is 24.3. The molecule has 0 aromatic heterocycles. The van der Waals surface area contributed by atoms with E-state index in [0.29, 0.717) is 41.4 Å². The van der Waals surface area contributed by atoms with Crippen LogP contribution in [0.2, 0.25) is 0 Å². The molecule has 2 heterocycles. The number of hydrogen-bond donors (Lipinski definition) is 2. The van der Waals surface area contributed by atoms with E-state index in [0.717, 1.165) is 12.8 Å². The standard InChI is InChI=1S/C18H24N2O4.ClH/c1-23-14-5-6-16(15(10-14)18(22)24-2)20-17(21)9-11-7-12-3-4-13(8-11)19-12;/h5-6,10-13,19H,3-4,7-9H2,1-2H3,(H,20,21);1H. The summed E-state index contributed by atoms with van der Waals surface area (Å²) in [5.74, 6) is 0.396. The van der Waals surface area contributed by atoms with Crippen LogP contribution in [0.3, 0.4) is 0 Å². The third-order valence-electron chi connectivity index (χ3n) is 4.95. The minimum absolute atomic E-state index is 0. The van der Waals surface area contributed by atoms with E-state index in [1.807, 2.05) is 0 Å². The molecule has 2 fully saturated rings. The molecule has 2 aliphatic rings. The molecule has 0 spiro atoms. The van der Waals surface area contributed by atoms with Gasteiger partial charge in [0.15, 0.2) is 0 Å². The third kappa shape index (κ3) is 4.64. The van der Waals surface area contributed by atoms with Crippen LogP contribution in [0.4, 0.5) is 5.69 Å². The number of carbonyl (C=O) groups is 2. The molecule has 2 atom stereocenters. The van der Waals surface area contributed by atoms with Gasteiger partial charge in [-0.15, -0.1) is 12.4 Å². The number of rotatable bonds is 5. The van der Waals surface area contributed by atoms with Gasteiger partial charge < -0.3 is 20.1 Å². The number of halogens is 1. The quantitative estimate of drug-likeness (QED) is 0.781. The van der Waals surface area contributed by atoms with E-state index >= 15 is 0 Å². The molecule has 1 aromatic carbocycles. The molecule has 2 aliphatic heterocycles. The van der Waals surface area contributed by atoms with E-state index in [9.17, 15) is 9.59 Å². The van der Waals surface area contributed by atoms with Gasteiger partial charge in [-0.25, -0.2) is 4.79 Å². The van der Waals surface area contributed by atoms with Crippen LogP contribution in [0.5, 0.6) is 5.75 Å². The van der Waals surface area contributed by atoms with Crippen molar-refractivity contribution in [3.8, 4) is 5.75 Å². The number of nitrogens with one attached hydrogen (secondary N) is 2. The Labute approximate surface area is 154 Å². The van der Waals surface area contributed by atoms with Crippen LogP contribution in [0, 0.1) is 5.92 Å². The number of piperidine rings is 1. The Bertz CT molecular complexity index is 626. The first kappa shape index (κ1) is 19.5. The lowest BCUT2D eigenvalue weighted by atomic mass is 9.89. The Morgan fingerprint density at radius 1 is 1.20 bits per heavy atom. The average Bonchev–Trinajstić information content (AvgIpc) is 2.93. The number of amides is 1. The first-order valence-corrected chi connectivity index (χ1v) is 8.41. The van der Waals surface area contributed by atoms with Gasteiger partial charge in [0.05, 0.1) is 25.5 Å². The number of methoxy groups -OCH3 is 2. The number of esters is 1. The van der Waals surface area contributed by atoms with E-state index in [2.05, 4.69) is 10.6 Å². The van der Waals surface area contributed by atoms with Gasteiger partial charge in [0.25, 0.3) is 0 Å². The zero-order valence-corrected chi connectivity index (χ0v) is 15.4. The number of hydrogen-bond acceptors (Lipinski definition) is 5. The fraction of sp³-hybridized carbons (Fsp3) is 0.556. The summed E-state index contributed by atoms with van der Waals surface area (Å²) in [6, 6.07) is 6.09. The van der Waals surface area contributed by atoms with Crippen LogP contribution in [0.15, 0.2) is 18.2 Å². The van der Waals surface area contributed by atoms with Crippen molar-refractivity contribution in [2.45, 2.75) is 44.2 Å². The minimum atomic E-state index is -0.496. The molecule has 138 valence electrons. The van der Waals surface area contributed by atoms with Crippen LogP contribution in [0.1, 0.15) is 42.5 Å². The zero-order valence-electron chi connectivity index (χ0n) is 14.5. The van der Waals surface area contributed by atoms with Gasteiger partial charge in [0, 0.05) is 18.5 Å².